The summed E-state index contributed by atoms with van der Waals surface area (Å²) in [4.78, 5) is 11.8. The Kier molecular flexibility index (Phi) is 4.29. The summed E-state index contributed by atoms with van der Waals surface area (Å²) in [6.45, 7) is 0. The van der Waals surface area contributed by atoms with Crippen LogP contribution in [0.1, 0.15) is 12.0 Å². The molecule has 0 unspecified atom stereocenters. The predicted molar refractivity (Wildman–Crippen MR) is 87.8 cm³/mol. The van der Waals surface area contributed by atoms with Crippen LogP contribution in [-0.4, -0.2) is 41.7 Å². The van der Waals surface area contributed by atoms with Crippen LogP contribution in [0.25, 0.3) is 11.8 Å². The van der Waals surface area contributed by atoms with Crippen molar-refractivity contribution in [2.45, 2.75) is 12.5 Å². The molecule has 1 fully saturated rings. The molecule has 0 saturated carbocycles. The van der Waals surface area contributed by atoms with Crippen LogP contribution < -0.4 is 5.32 Å². The largest absolute Gasteiger partial charge is 0.349 e. The molecule has 0 spiro atoms. The van der Waals surface area contributed by atoms with Crippen molar-refractivity contribution < 1.29 is 13.2 Å². The minimum atomic E-state index is -2.99. The molecule has 0 bridgehead atoms. The van der Waals surface area contributed by atoms with Gasteiger partial charge in [0, 0.05) is 23.9 Å². The van der Waals surface area contributed by atoms with Gasteiger partial charge in [-0.3, -0.25) is 4.79 Å². The Bertz CT molecular complexity index is 825. The maximum atomic E-state index is 11.8. The number of para-hydroxylation sites is 1. The number of benzene rings is 1. The van der Waals surface area contributed by atoms with E-state index in [4.69, 9.17) is 0 Å². The zero-order valence-electron chi connectivity index (χ0n) is 12.4. The summed E-state index contributed by atoms with van der Waals surface area (Å²) in [7, 11) is -2.99. The maximum absolute atomic E-state index is 11.8. The van der Waals surface area contributed by atoms with E-state index in [0.29, 0.717) is 6.42 Å². The summed E-state index contributed by atoms with van der Waals surface area (Å²) < 4.78 is 24.4. The molecular formula is C16H17N3O3S. The fraction of sp³-hybridized carbons (Fsp3) is 0.250. The second-order valence-corrected chi connectivity index (χ2v) is 7.72. The topological polar surface area (TPSA) is 81.1 Å². The first-order valence-corrected chi connectivity index (χ1v) is 9.13. The zero-order chi connectivity index (χ0) is 16.3. The van der Waals surface area contributed by atoms with E-state index in [9.17, 15) is 13.2 Å². The highest BCUT2D eigenvalue weighted by Gasteiger charge is 2.28. The van der Waals surface area contributed by atoms with Crippen LogP contribution in [-0.2, 0) is 14.6 Å². The Balaban J connectivity index is 1.60. The number of rotatable bonds is 4. The Morgan fingerprint density at radius 3 is 2.78 bits per heavy atom. The van der Waals surface area contributed by atoms with Crippen molar-refractivity contribution in [3.8, 4) is 5.69 Å². The smallest absolute Gasteiger partial charge is 0.244 e. The highest BCUT2D eigenvalue weighted by Crippen LogP contribution is 2.12. The van der Waals surface area contributed by atoms with Gasteiger partial charge in [-0.05, 0) is 24.6 Å². The molecule has 1 aliphatic heterocycles. The minimum absolute atomic E-state index is 0.0263. The first kappa shape index (κ1) is 15.5. The molecule has 1 aromatic carbocycles. The summed E-state index contributed by atoms with van der Waals surface area (Å²) >= 11 is 0. The summed E-state index contributed by atoms with van der Waals surface area (Å²) in [5.41, 5.74) is 1.73. The number of sulfone groups is 1. The number of aromatic nitrogens is 2. The van der Waals surface area contributed by atoms with Crippen molar-refractivity contribution in [1.82, 2.24) is 15.1 Å². The third kappa shape index (κ3) is 4.07. The van der Waals surface area contributed by atoms with Gasteiger partial charge < -0.3 is 5.32 Å². The predicted octanol–water partition coefficient (Wildman–Crippen LogP) is 1.19. The van der Waals surface area contributed by atoms with E-state index in [1.807, 2.05) is 36.5 Å². The van der Waals surface area contributed by atoms with Gasteiger partial charge in [-0.15, -0.1) is 0 Å². The molecule has 1 saturated heterocycles. The van der Waals surface area contributed by atoms with Gasteiger partial charge >= 0.3 is 0 Å². The molecule has 1 aromatic heterocycles. The van der Waals surface area contributed by atoms with Crippen LogP contribution in [0.2, 0.25) is 0 Å². The summed E-state index contributed by atoms with van der Waals surface area (Å²) in [6, 6.07) is 9.37. The third-order valence-electron chi connectivity index (χ3n) is 3.63. The minimum Gasteiger partial charge on any atom is -0.349 e. The number of nitrogens with one attached hydrogen (secondary N) is 1. The molecular weight excluding hydrogens is 314 g/mol. The molecule has 7 heteroatoms. The molecule has 2 aromatic rings. The van der Waals surface area contributed by atoms with Crippen LogP contribution in [0.15, 0.2) is 48.8 Å². The fourth-order valence-electron chi connectivity index (χ4n) is 2.47. The van der Waals surface area contributed by atoms with E-state index in [0.717, 1.165) is 11.3 Å². The Morgan fingerprint density at radius 2 is 2.09 bits per heavy atom. The zero-order valence-corrected chi connectivity index (χ0v) is 13.2. The SMILES string of the molecule is O=C(/C=C\c1cnn(-c2ccccc2)c1)N[C@H]1CCS(=O)(=O)C1. The second kappa shape index (κ2) is 6.37. The molecule has 1 N–H and O–H groups in total. The lowest BCUT2D eigenvalue weighted by molar-refractivity contribution is -0.116. The van der Waals surface area contributed by atoms with Crippen LogP contribution in [0, 0.1) is 0 Å². The Hall–Kier alpha value is -2.41. The van der Waals surface area contributed by atoms with Crippen molar-refractivity contribution in [2.75, 3.05) is 11.5 Å². The Morgan fingerprint density at radius 1 is 1.30 bits per heavy atom. The highest BCUT2D eigenvalue weighted by molar-refractivity contribution is 7.91. The lowest BCUT2D eigenvalue weighted by Crippen LogP contribution is -2.34. The first-order valence-electron chi connectivity index (χ1n) is 7.31. The van der Waals surface area contributed by atoms with Gasteiger partial charge in [-0.2, -0.15) is 5.10 Å². The number of hydrogen-bond acceptors (Lipinski definition) is 4. The number of carbonyl (C=O) groups excluding carboxylic acids is 1. The van der Waals surface area contributed by atoms with Gasteiger partial charge in [0.1, 0.15) is 0 Å². The van der Waals surface area contributed by atoms with Crippen LogP contribution >= 0.6 is 0 Å². The van der Waals surface area contributed by atoms with Gasteiger partial charge in [0.05, 0.1) is 23.4 Å². The normalized spacial score (nSPS) is 19.9. The molecule has 0 aliphatic carbocycles. The second-order valence-electron chi connectivity index (χ2n) is 5.50. The molecule has 6 nitrogen and oxygen atoms in total. The van der Waals surface area contributed by atoms with E-state index >= 15 is 0 Å². The average Bonchev–Trinajstić information content (AvgIpc) is 3.13. The molecule has 23 heavy (non-hydrogen) atoms. The van der Waals surface area contributed by atoms with Crippen molar-refractivity contribution in [2.24, 2.45) is 0 Å². The molecule has 1 atom stereocenters. The van der Waals surface area contributed by atoms with E-state index in [1.165, 1.54) is 6.08 Å². The summed E-state index contributed by atoms with van der Waals surface area (Å²) in [5.74, 6) is -0.121. The first-order chi connectivity index (χ1) is 11.0. The van der Waals surface area contributed by atoms with Crippen LogP contribution in [0.5, 0.6) is 0 Å². The summed E-state index contributed by atoms with van der Waals surface area (Å²) in [6.07, 6.45) is 7.02. The standard InChI is InChI=1S/C16H17N3O3S/c20-16(18-14-8-9-23(21,22)12-14)7-6-13-10-17-19(11-13)15-4-2-1-3-5-15/h1-7,10-11,14H,8-9,12H2,(H,18,20)/b7-6-/t14-/m0/s1. The number of carbonyl (C=O) groups is 1. The molecule has 3 rings (SSSR count). The van der Waals surface area contributed by atoms with E-state index in [2.05, 4.69) is 10.4 Å². The van der Waals surface area contributed by atoms with Gasteiger partial charge in [0.25, 0.3) is 0 Å². The van der Waals surface area contributed by atoms with Crippen molar-refractivity contribution in [3.05, 3.63) is 54.4 Å². The van der Waals surface area contributed by atoms with Gasteiger partial charge in [0.15, 0.2) is 9.84 Å². The maximum Gasteiger partial charge on any atom is 0.244 e. The van der Waals surface area contributed by atoms with Crippen LogP contribution in [0.4, 0.5) is 0 Å². The molecule has 120 valence electrons. The molecule has 1 aliphatic rings. The quantitative estimate of drug-likeness (QED) is 0.853. The Labute approximate surface area is 134 Å². The van der Waals surface area contributed by atoms with Gasteiger partial charge in [-0.1, -0.05) is 18.2 Å². The van der Waals surface area contributed by atoms with Crippen molar-refractivity contribution >= 4 is 21.8 Å². The number of amides is 1. The molecule has 0 radical (unpaired) electrons. The lowest BCUT2D eigenvalue weighted by atomic mass is 10.2. The average molecular weight is 331 g/mol. The monoisotopic (exact) mass is 331 g/mol. The third-order valence-corrected chi connectivity index (χ3v) is 5.40. The van der Waals surface area contributed by atoms with E-state index in [-0.39, 0.29) is 23.5 Å². The molecule has 2 heterocycles. The van der Waals surface area contributed by atoms with E-state index < -0.39 is 9.84 Å². The van der Waals surface area contributed by atoms with E-state index in [1.54, 1.807) is 17.0 Å². The molecule has 1 amide bonds. The number of nitrogens with zero attached hydrogens (tertiary/aromatic N) is 2. The summed E-state index contributed by atoms with van der Waals surface area (Å²) in [5, 5.41) is 6.95. The number of hydrogen-bond donors (Lipinski definition) is 1. The van der Waals surface area contributed by atoms with Crippen molar-refractivity contribution in [1.29, 1.82) is 0 Å². The van der Waals surface area contributed by atoms with Gasteiger partial charge in [0.2, 0.25) is 5.91 Å². The van der Waals surface area contributed by atoms with Crippen molar-refractivity contribution in [3.63, 3.8) is 0 Å². The fourth-order valence-corrected chi connectivity index (χ4v) is 4.15. The lowest BCUT2D eigenvalue weighted by Gasteiger charge is -2.07. The van der Waals surface area contributed by atoms with Crippen LogP contribution in [0.3, 0.4) is 0 Å². The van der Waals surface area contributed by atoms with Gasteiger partial charge in [-0.25, -0.2) is 13.1 Å². The highest BCUT2D eigenvalue weighted by atomic mass is 32.2.